The van der Waals surface area contributed by atoms with Crippen LogP contribution in [0.4, 0.5) is 10.8 Å². The van der Waals surface area contributed by atoms with E-state index >= 15 is 0 Å². The Morgan fingerprint density at radius 2 is 1.93 bits per heavy atom. The highest BCUT2D eigenvalue weighted by Crippen LogP contribution is 2.28. The molecular weight excluding hydrogens is 396 g/mol. The number of anilines is 2. The molecule has 3 aromatic rings. The third kappa shape index (κ3) is 5.09. The molecule has 144 valence electrons. The predicted octanol–water partition coefficient (Wildman–Crippen LogP) is 4.88. The normalized spacial score (nSPS) is 10.8. The number of methoxy groups -OCH3 is 1. The Hall–Kier alpha value is -2.90. The fraction of sp³-hybridized carbons (Fsp3) is 0.150. The molecule has 0 spiro atoms. The highest BCUT2D eigenvalue weighted by Gasteiger charge is 2.09. The number of benzene rings is 2. The van der Waals surface area contributed by atoms with Crippen LogP contribution in [0.1, 0.15) is 27.7 Å². The molecule has 0 saturated heterocycles. The van der Waals surface area contributed by atoms with Crippen LogP contribution in [0.5, 0.6) is 5.75 Å². The number of aromatic nitrogens is 1. The molecule has 0 saturated carbocycles. The lowest BCUT2D eigenvalue weighted by molar-refractivity contribution is 0.0955. The average Bonchev–Trinajstić information content (AvgIpc) is 3.07. The first-order valence-electron chi connectivity index (χ1n) is 8.58. The molecule has 1 amide bonds. The van der Waals surface area contributed by atoms with Crippen molar-refractivity contribution in [1.82, 2.24) is 10.4 Å². The van der Waals surface area contributed by atoms with Crippen molar-refractivity contribution in [3.05, 3.63) is 69.7 Å². The van der Waals surface area contributed by atoms with Crippen LogP contribution >= 0.6 is 22.9 Å². The number of aryl methyl sites for hydroxylation is 1. The van der Waals surface area contributed by atoms with E-state index in [9.17, 15) is 4.79 Å². The SMILES string of the molecule is CCc1ccc(C(=O)N/N=C/c2sc(Nc3ccc(OC)cc3)nc2Cl)cc1. The van der Waals surface area contributed by atoms with E-state index in [0.717, 1.165) is 17.9 Å². The van der Waals surface area contributed by atoms with Crippen molar-refractivity contribution in [3.63, 3.8) is 0 Å². The van der Waals surface area contributed by atoms with E-state index in [1.165, 1.54) is 23.1 Å². The van der Waals surface area contributed by atoms with Gasteiger partial charge in [0, 0.05) is 11.3 Å². The third-order valence-corrected chi connectivity index (χ3v) is 5.23. The van der Waals surface area contributed by atoms with Gasteiger partial charge in [0.25, 0.3) is 5.91 Å². The van der Waals surface area contributed by atoms with Crippen molar-refractivity contribution in [1.29, 1.82) is 0 Å². The summed E-state index contributed by atoms with van der Waals surface area (Å²) in [5, 5.41) is 8.09. The summed E-state index contributed by atoms with van der Waals surface area (Å²) in [6.45, 7) is 2.07. The summed E-state index contributed by atoms with van der Waals surface area (Å²) in [6, 6.07) is 14.9. The highest BCUT2D eigenvalue weighted by molar-refractivity contribution is 7.17. The fourth-order valence-electron chi connectivity index (χ4n) is 2.35. The van der Waals surface area contributed by atoms with Gasteiger partial charge in [-0.3, -0.25) is 4.79 Å². The zero-order valence-electron chi connectivity index (χ0n) is 15.4. The predicted molar refractivity (Wildman–Crippen MR) is 114 cm³/mol. The van der Waals surface area contributed by atoms with Crippen molar-refractivity contribution < 1.29 is 9.53 Å². The molecule has 0 aliphatic heterocycles. The van der Waals surface area contributed by atoms with Gasteiger partial charge in [-0.25, -0.2) is 10.4 Å². The van der Waals surface area contributed by atoms with E-state index < -0.39 is 0 Å². The molecule has 0 aliphatic carbocycles. The summed E-state index contributed by atoms with van der Waals surface area (Å²) in [4.78, 5) is 17.0. The van der Waals surface area contributed by atoms with Gasteiger partial charge in [-0.15, -0.1) is 0 Å². The van der Waals surface area contributed by atoms with E-state index in [-0.39, 0.29) is 5.91 Å². The van der Waals surface area contributed by atoms with Crippen LogP contribution in [-0.4, -0.2) is 24.2 Å². The first-order chi connectivity index (χ1) is 13.6. The number of hydrogen-bond donors (Lipinski definition) is 2. The largest absolute Gasteiger partial charge is 0.497 e. The zero-order valence-corrected chi connectivity index (χ0v) is 17.0. The number of amides is 1. The Balaban J connectivity index is 1.61. The molecule has 0 aliphatic rings. The van der Waals surface area contributed by atoms with Gasteiger partial charge in [-0.1, -0.05) is 42.0 Å². The molecule has 28 heavy (non-hydrogen) atoms. The maximum Gasteiger partial charge on any atom is 0.271 e. The Bertz CT molecular complexity index is 969. The molecule has 1 heterocycles. The molecule has 1 aromatic heterocycles. The van der Waals surface area contributed by atoms with Crippen molar-refractivity contribution in [2.24, 2.45) is 5.10 Å². The number of ether oxygens (including phenoxy) is 1. The minimum atomic E-state index is -0.281. The molecule has 0 bridgehead atoms. The van der Waals surface area contributed by atoms with Gasteiger partial charge >= 0.3 is 0 Å². The number of thiazole rings is 1. The van der Waals surface area contributed by atoms with E-state index in [0.29, 0.717) is 20.7 Å². The van der Waals surface area contributed by atoms with Gasteiger partial charge < -0.3 is 10.1 Å². The van der Waals surface area contributed by atoms with Crippen LogP contribution in [0.3, 0.4) is 0 Å². The van der Waals surface area contributed by atoms with Gasteiger partial charge in [0.1, 0.15) is 5.75 Å². The van der Waals surface area contributed by atoms with Crippen LogP contribution in [0, 0.1) is 0 Å². The number of hydrogen-bond acceptors (Lipinski definition) is 6. The number of nitrogens with zero attached hydrogens (tertiary/aromatic N) is 2. The average molecular weight is 415 g/mol. The molecule has 0 atom stereocenters. The van der Waals surface area contributed by atoms with Gasteiger partial charge in [-0.05, 0) is 48.4 Å². The standard InChI is InChI=1S/C20H19ClN4O2S/c1-3-13-4-6-14(7-5-13)19(26)25-22-12-17-18(21)24-20(28-17)23-15-8-10-16(27-2)11-9-15/h4-12H,3H2,1-2H3,(H,23,24)(H,25,26)/b22-12+. The lowest BCUT2D eigenvalue weighted by Gasteiger charge is -2.03. The summed E-state index contributed by atoms with van der Waals surface area (Å²) in [7, 11) is 1.62. The third-order valence-electron chi connectivity index (χ3n) is 3.92. The molecule has 8 heteroatoms. The van der Waals surface area contributed by atoms with Crippen molar-refractivity contribution >= 4 is 45.9 Å². The summed E-state index contributed by atoms with van der Waals surface area (Å²) in [6.07, 6.45) is 2.41. The van der Waals surface area contributed by atoms with Gasteiger partial charge in [0.05, 0.1) is 18.2 Å². The monoisotopic (exact) mass is 414 g/mol. The van der Waals surface area contributed by atoms with Gasteiger partial charge in [-0.2, -0.15) is 5.10 Å². The Labute approximate surface area is 172 Å². The molecule has 6 nitrogen and oxygen atoms in total. The molecule has 2 N–H and O–H groups in total. The topological polar surface area (TPSA) is 75.6 Å². The first-order valence-corrected chi connectivity index (χ1v) is 9.78. The summed E-state index contributed by atoms with van der Waals surface area (Å²) in [5.74, 6) is 0.492. The Morgan fingerprint density at radius 1 is 1.21 bits per heavy atom. The minimum Gasteiger partial charge on any atom is -0.497 e. The van der Waals surface area contributed by atoms with E-state index in [1.54, 1.807) is 19.2 Å². The van der Waals surface area contributed by atoms with Crippen LogP contribution in [-0.2, 0) is 6.42 Å². The van der Waals surface area contributed by atoms with Crippen molar-refractivity contribution in [2.75, 3.05) is 12.4 Å². The molecule has 0 unspecified atom stereocenters. The summed E-state index contributed by atoms with van der Waals surface area (Å²) >= 11 is 7.49. The number of carbonyl (C=O) groups is 1. The Morgan fingerprint density at radius 3 is 2.57 bits per heavy atom. The van der Waals surface area contributed by atoms with Gasteiger partial charge in [0.15, 0.2) is 10.3 Å². The van der Waals surface area contributed by atoms with E-state index in [4.69, 9.17) is 16.3 Å². The lowest BCUT2D eigenvalue weighted by Crippen LogP contribution is -2.17. The molecule has 2 aromatic carbocycles. The number of halogens is 1. The summed E-state index contributed by atoms with van der Waals surface area (Å²) in [5.41, 5.74) is 5.08. The fourth-order valence-corrected chi connectivity index (χ4v) is 3.40. The van der Waals surface area contributed by atoms with E-state index in [2.05, 4.69) is 27.8 Å². The Kier molecular flexibility index (Phi) is 6.62. The maximum atomic E-state index is 12.1. The second-order valence-corrected chi connectivity index (χ2v) is 7.17. The quantitative estimate of drug-likeness (QED) is 0.427. The second kappa shape index (κ2) is 9.34. The summed E-state index contributed by atoms with van der Waals surface area (Å²) < 4.78 is 5.14. The lowest BCUT2D eigenvalue weighted by atomic mass is 10.1. The second-order valence-electron chi connectivity index (χ2n) is 5.78. The molecule has 0 radical (unpaired) electrons. The number of nitrogens with one attached hydrogen (secondary N) is 2. The zero-order chi connectivity index (χ0) is 19.9. The van der Waals surface area contributed by atoms with Crippen LogP contribution in [0.15, 0.2) is 53.6 Å². The highest BCUT2D eigenvalue weighted by atomic mass is 35.5. The maximum absolute atomic E-state index is 12.1. The van der Waals surface area contributed by atoms with Crippen LogP contribution < -0.4 is 15.5 Å². The number of hydrazone groups is 1. The molecule has 3 rings (SSSR count). The van der Waals surface area contributed by atoms with Gasteiger partial charge in [0.2, 0.25) is 0 Å². The smallest absolute Gasteiger partial charge is 0.271 e. The van der Waals surface area contributed by atoms with Crippen molar-refractivity contribution in [2.45, 2.75) is 13.3 Å². The first kappa shape index (κ1) is 19.9. The van der Waals surface area contributed by atoms with E-state index in [1.807, 2.05) is 36.4 Å². The van der Waals surface area contributed by atoms with Crippen molar-refractivity contribution in [3.8, 4) is 5.75 Å². The van der Waals surface area contributed by atoms with Crippen LogP contribution in [0.25, 0.3) is 0 Å². The number of rotatable bonds is 7. The number of carbonyl (C=O) groups excluding carboxylic acids is 1. The molecule has 0 fully saturated rings. The minimum absolute atomic E-state index is 0.281. The molecular formula is C20H19ClN4O2S. The van der Waals surface area contributed by atoms with Crippen LogP contribution in [0.2, 0.25) is 5.15 Å².